The van der Waals surface area contributed by atoms with E-state index in [-0.39, 0.29) is 0 Å². The molecule has 0 aliphatic carbocycles. The maximum absolute atomic E-state index is 10.0. The first-order valence-electron chi connectivity index (χ1n) is 5.77. The van der Waals surface area contributed by atoms with E-state index in [1.165, 1.54) is 0 Å². The average molecular weight is 222 g/mol. The number of rotatable bonds is 5. The fourth-order valence-electron chi connectivity index (χ4n) is 1.76. The molecule has 0 amide bonds. The summed E-state index contributed by atoms with van der Waals surface area (Å²) in [5.41, 5.74) is 7.97. The molecule has 0 spiro atoms. The Balaban J connectivity index is 2.64. The molecule has 1 atom stereocenters. The molecule has 1 rings (SSSR count). The first-order chi connectivity index (χ1) is 7.46. The Morgan fingerprint density at radius 2 is 2.12 bits per heavy atom. The van der Waals surface area contributed by atoms with Crippen molar-refractivity contribution >= 4 is 11.4 Å². The number of hydrogen-bond acceptors (Lipinski definition) is 3. The molecule has 0 aromatic heterocycles. The average Bonchev–Trinajstić information content (AvgIpc) is 2.20. The Bertz CT molecular complexity index is 348. The minimum absolute atomic E-state index is 0.547. The van der Waals surface area contributed by atoms with E-state index in [9.17, 15) is 5.11 Å². The first kappa shape index (κ1) is 12.8. The lowest BCUT2D eigenvalue weighted by atomic mass is 10.0. The topological polar surface area (TPSA) is 58.3 Å². The van der Waals surface area contributed by atoms with Crippen LogP contribution in [0, 0.1) is 6.92 Å². The van der Waals surface area contributed by atoms with Crippen molar-refractivity contribution in [1.29, 1.82) is 0 Å². The van der Waals surface area contributed by atoms with Gasteiger partial charge in [-0.15, -0.1) is 0 Å². The summed E-state index contributed by atoms with van der Waals surface area (Å²) in [7, 11) is 0. The minimum atomic E-state index is -0.661. The van der Waals surface area contributed by atoms with Crippen LogP contribution < -0.4 is 11.1 Å². The fraction of sp³-hybridized carbons (Fsp3) is 0.538. The van der Waals surface area contributed by atoms with Gasteiger partial charge in [0.05, 0.1) is 5.60 Å². The second kappa shape index (κ2) is 5.21. The van der Waals surface area contributed by atoms with Crippen LogP contribution in [0.5, 0.6) is 0 Å². The zero-order valence-corrected chi connectivity index (χ0v) is 10.4. The van der Waals surface area contributed by atoms with E-state index in [1.807, 2.05) is 32.0 Å². The predicted molar refractivity (Wildman–Crippen MR) is 69.6 cm³/mol. The van der Waals surface area contributed by atoms with E-state index < -0.39 is 5.60 Å². The molecule has 0 aliphatic heterocycles. The molecular formula is C13H22N2O. The van der Waals surface area contributed by atoms with Crippen molar-refractivity contribution in [3.8, 4) is 0 Å². The van der Waals surface area contributed by atoms with Crippen LogP contribution in [0.1, 0.15) is 32.3 Å². The molecule has 3 heteroatoms. The van der Waals surface area contributed by atoms with Crippen LogP contribution in [0.4, 0.5) is 11.4 Å². The predicted octanol–water partition coefficient (Wildman–Crippen LogP) is 2.54. The van der Waals surface area contributed by atoms with E-state index >= 15 is 0 Å². The van der Waals surface area contributed by atoms with Gasteiger partial charge in [0.25, 0.3) is 0 Å². The van der Waals surface area contributed by atoms with Crippen molar-refractivity contribution in [2.75, 3.05) is 17.6 Å². The second-order valence-electron chi connectivity index (χ2n) is 4.62. The molecule has 90 valence electrons. The fourth-order valence-corrected chi connectivity index (χ4v) is 1.76. The van der Waals surface area contributed by atoms with Crippen molar-refractivity contribution in [3.05, 3.63) is 23.8 Å². The van der Waals surface area contributed by atoms with Crippen LogP contribution >= 0.6 is 0 Å². The van der Waals surface area contributed by atoms with Gasteiger partial charge in [-0.3, -0.25) is 0 Å². The van der Waals surface area contributed by atoms with E-state index in [0.29, 0.717) is 6.54 Å². The summed E-state index contributed by atoms with van der Waals surface area (Å²) in [6, 6.07) is 5.78. The maximum atomic E-state index is 10.0. The summed E-state index contributed by atoms with van der Waals surface area (Å²) in [5.74, 6) is 0. The van der Waals surface area contributed by atoms with E-state index in [4.69, 9.17) is 5.73 Å². The number of hydrogen-bond donors (Lipinski definition) is 3. The van der Waals surface area contributed by atoms with Crippen LogP contribution in [-0.4, -0.2) is 17.3 Å². The van der Waals surface area contributed by atoms with Crippen molar-refractivity contribution in [1.82, 2.24) is 0 Å². The molecular weight excluding hydrogens is 200 g/mol. The Labute approximate surface area is 97.7 Å². The molecule has 1 unspecified atom stereocenters. The third-order valence-corrected chi connectivity index (χ3v) is 2.82. The van der Waals surface area contributed by atoms with Gasteiger partial charge < -0.3 is 16.2 Å². The SMILES string of the molecule is CCCC(C)(O)CNc1cccc(N)c1C. The van der Waals surface area contributed by atoms with Crippen LogP contribution in [-0.2, 0) is 0 Å². The highest BCUT2D eigenvalue weighted by molar-refractivity contribution is 5.62. The largest absolute Gasteiger partial charge is 0.398 e. The third kappa shape index (κ3) is 3.42. The Kier molecular flexibility index (Phi) is 4.19. The lowest BCUT2D eigenvalue weighted by molar-refractivity contribution is 0.0637. The molecule has 0 bridgehead atoms. The zero-order valence-electron chi connectivity index (χ0n) is 10.4. The van der Waals surface area contributed by atoms with Gasteiger partial charge in [-0.05, 0) is 38.0 Å². The Morgan fingerprint density at radius 1 is 1.44 bits per heavy atom. The lowest BCUT2D eigenvalue weighted by Gasteiger charge is -2.24. The maximum Gasteiger partial charge on any atom is 0.0791 e. The second-order valence-corrected chi connectivity index (χ2v) is 4.62. The smallest absolute Gasteiger partial charge is 0.0791 e. The molecule has 0 heterocycles. The van der Waals surface area contributed by atoms with Crippen LogP contribution in [0.2, 0.25) is 0 Å². The van der Waals surface area contributed by atoms with Crippen LogP contribution in [0.3, 0.4) is 0 Å². The molecule has 0 fully saturated rings. The summed E-state index contributed by atoms with van der Waals surface area (Å²) in [6.07, 6.45) is 1.77. The molecule has 1 aromatic rings. The highest BCUT2D eigenvalue weighted by Crippen LogP contribution is 2.21. The number of nitrogen functional groups attached to an aromatic ring is 1. The number of nitrogens with two attached hydrogens (primary N) is 1. The zero-order chi connectivity index (χ0) is 12.2. The molecule has 0 saturated heterocycles. The number of benzene rings is 1. The van der Waals surface area contributed by atoms with Gasteiger partial charge in [0.1, 0.15) is 0 Å². The number of nitrogens with one attached hydrogen (secondary N) is 1. The molecule has 3 nitrogen and oxygen atoms in total. The third-order valence-electron chi connectivity index (χ3n) is 2.82. The normalized spacial score (nSPS) is 14.5. The van der Waals surface area contributed by atoms with Gasteiger partial charge in [0.15, 0.2) is 0 Å². The first-order valence-corrected chi connectivity index (χ1v) is 5.77. The number of anilines is 2. The summed E-state index contributed by atoms with van der Waals surface area (Å²) in [5, 5.41) is 13.3. The van der Waals surface area contributed by atoms with Gasteiger partial charge in [0, 0.05) is 17.9 Å². The van der Waals surface area contributed by atoms with E-state index in [0.717, 1.165) is 29.8 Å². The molecule has 4 N–H and O–H groups in total. The van der Waals surface area contributed by atoms with E-state index in [2.05, 4.69) is 12.2 Å². The Hall–Kier alpha value is -1.22. The summed E-state index contributed by atoms with van der Waals surface area (Å²) < 4.78 is 0. The standard InChI is InChI=1S/C13H22N2O/c1-4-8-13(3,16)9-15-12-7-5-6-11(14)10(12)2/h5-7,15-16H,4,8-9,14H2,1-3H3. The molecule has 0 saturated carbocycles. The molecule has 16 heavy (non-hydrogen) atoms. The summed E-state index contributed by atoms with van der Waals surface area (Å²) in [4.78, 5) is 0. The minimum Gasteiger partial charge on any atom is -0.398 e. The van der Waals surface area contributed by atoms with Crippen molar-refractivity contribution < 1.29 is 5.11 Å². The molecule has 0 aliphatic rings. The van der Waals surface area contributed by atoms with Crippen molar-refractivity contribution in [2.24, 2.45) is 0 Å². The van der Waals surface area contributed by atoms with Crippen LogP contribution in [0.15, 0.2) is 18.2 Å². The van der Waals surface area contributed by atoms with Crippen molar-refractivity contribution in [2.45, 2.75) is 39.2 Å². The molecule has 1 aromatic carbocycles. The van der Waals surface area contributed by atoms with Gasteiger partial charge in [-0.2, -0.15) is 0 Å². The Morgan fingerprint density at radius 3 is 2.75 bits per heavy atom. The molecule has 0 radical (unpaired) electrons. The van der Waals surface area contributed by atoms with Gasteiger partial charge >= 0.3 is 0 Å². The summed E-state index contributed by atoms with van der Waals surface area (Å²) >= 11 is 0. The van der Waals surface area contributed by atoms with Gasteiger partial charge in [-0.25, -0.2) is 0 Å². The lowest BCUT2D eigenvalue weighted by Crippen LogP contribution is -2.33. The van der Waals surface area contributed by atoms with E-state index in [1.54, 1.807) is 0 Å². The van der Waals surface area contributed by atoms with Crippen molar-refractivity contribution in [3.63, 3.8) is 0 Å². The summed E-state index contributed by atoms with van der Waals surface area (Å²) in [6.45, 7) is 6.45. The quantitative estimate of drug-likeness (QED) is 0.671. The highest BCUT2D eigenvalue weighted by Gasteiger charge is 2.18. The monoisotopic (exact) mass is 222 g/mol. The number of aliphatic hydroxyl groups is 1. The van der Waals surface area contributed by atoms with Gasteiger partial charge in [-0.1, -0.05) is 19.4 Å². The highest BCUT2D eigenvalue weighted by atomic mass is 16.3. The van der Waals surface area contributed by atoms with Crippen LogP contribution in [0.25, 0.3) is 0 Å². The van der Waals surface area contributed by atoms with Gasteiger partial charge in [0.2, 0.25) is 0 Å².